The molecule has 1 amide bonds. The fourth-order valence-electron chi connectivity index (χ4n) is 1.81. The molecular formula is C11H22N2O2. The minimum atomic E-state index is 0.0560. The van der Waals surface area contributed by atoms with Crippen LogP contribution in [-0.4, -0.2) is 41.1 Å². The molecule has 0 aliphatic heterocycles. The number of aliphatic hydroxyl groups is 1. The molecule has 1 fully saturated rings. The Labute approximate surface area is 91.4 Å². The topological polar surface area (TPSA) is 66.6 Å². The zero-order chi connectivity index (χ0) is 11.3. The largest absolute Gasteiger partial charge is 0.395 e. The van der Waals surface area contributed by atoms with Crippen LogP contribution in [0.4, 0.5) is 0 Å². The van der Waals surface area contributed by atoms with E-state index in [4.69, 9.17) is 10.8 Å². The lowest BCUT2D eigenvalue weighted by molar-refractivity contribution is -0.136. The van der Waals surface area contributed by atoms with Crippen LogP contribution < -0.4 is 5.73 Å². The molecule has 4 nitrogen and oxygen atoms in total. The second-order valence-electron chi connectivity index (χ2n) is 4.41. The monoisotopic (exact) mass is 214 g/mol. The van der Waals surface area contributed by atoms with Crippen LogP contribution in [0.15, 0.2) is 0 Å². The standard InChI is InChI=1S/C11H22N2O2/c1-9(12)5-6-11(15)13(7-8-14)10-3-2-4-10/h9-10,14H,2-8,12H2,1H3. The Balaban J connectivity index is 2.36. The maximum absolute atomic E-state index is 11.8. The lowest BCUT2D eigenvalue weighted by Crippen LogP contribution is -2.45. The van der Waals surface area contributed by atoms with Crippen LogP contribution in [0.3, 0.4) is 0 Å². The van der Waals surface area contributed by atoms with E-state index in [2.05, 4.69) is 0 Å². The summed E-state index contributed by atoms with van der Waals surface area (Å²) in [5.41, 5.74) is 5.62. The van der Waals surface area contributed by atoms with Crippen LogP contribution in [0.5, 0.6) is 0 Å². The summed E-state index contributed by atoms with van der Waals surface area (Å²) >= 11 is 0. The van der Waals surface area contributed by atoms with E-state index < -0.39 is 0 Å². The van der Waals surface area contributed by atoms with Gasteiger partial charge in [0.15, 0.2) is 0 Å². The number of hydrogen-bond acceptors (Lipinski definition) is 3. The predicted molar refractivity (Wildman–Crippen MR) is 59.3 cm³/mol. The van der Waals surface area contributed by atoms with Gasteiger partial charge < -0.3 is 15.7 Å². The zero-order valence-electron chi connectivity index (χ0n) is 9.48. The van der Waals surface area contributed by atoms with Gasteiger partial charge in [0.05, 0.1) is 6.61 Å². The van der Waals surface area contributed by atoms with Crippen molar-refractivity contribution in [1.82, 2.24) is 4.90 Å². The van der Waals surface area contributed by atoms with E-state index in [9.17, 15) is 4.79 Å². The second kappa shape index (κ2) is 6.08. The van der Waals surface area contributed by atoms with Gasteiger partial charge in [-0.2, -0.15) is 0 Å². The van der Waals surface area contributed by atoms with Crippen molar-refractivity contribution in [2.24, 2.45) is 5.73 Å². The molecule has 0 aromatic carbocycles. The molecule has 1 unspecified atom stereocenters. The number of rotatable bonds is 6. The zero-order valence-corrected chi connectivity index (χ0v) is 9.48. The summed E-state index contributed by atoms with van der Waals surface area (Å²) in [7, 11) is 0. The van der Waals surface area contributed by atoms with Crippen LogP contribution >= 0.6 is 0 Å². The number of carbonyl (C=O) groups excluding carboxylic acids is 1. The molecule has 88 valence electrons. The molecule has 0 spiro atoms. The number of carbonyl (C=O) groups is 1. The Kier molecular flexibility index (Phi) is 5.05. The SMILES string of the molecule is CC(N)CCC(=O)N(CCO)C1CCC1. The Morgan fingerprint density at radius 1 is 1.60 bits per heavy atom. The Hall–Kier alpha value is -0.610. The number of amides is 1. The molecule has 1 rings (SSSR count). The third-order valence-electron chi connectivity index (χ3n) is 2.99. The quantitative estimate of drug-likeness (QED) is 0.676. The van der Waals surface area contributed by atoms with Crippen molar-refractivity contribution in [2.75, 3.05) is 13.2 Å². The average molecular weight is 214 g/mol. The number of nitrogens with two attached hydrogens (primary N) is 1. The Morgan fingerprint density at radius 3 is 2.67 bits per heavy atom. The van der Waals surface area contributed by atoms with Crippen molar-refractivity contribution in [2.45, 2.75) is 51.1 Å². The summed E-state index contributed by atoms with van der Waals surface area (Å²) in [6.45, 7) is 2.44. The first kappa shape index (κ1) is 12.5. The van der Waals surface area contributed by atoms with Crippen LogP contribution in [0.2, 0.25) is 0 Å². The van der Waals surface area contributed by atoms with Crippen molar-refractivity contribution in [1.29, 1.82) is 0 Å². The fourth-order valence-corrected chi connectivity index (χ4v) is 1.81. The minimum absolute atomic E-state index is 0.0560. The normalized spacial score (nSPS) is 18.3. The minimum Gasteiger partial charge on any atom is -0.395 e. The van der Waals surface area contributed by atoms with E-state index in [0.29, 0.717) is 19.0 Å². The van der Waals surface area contributed by atoms with E-state index in [0.717, 1.165) is 19.3 Å². The Morgan fingerprint density at radius 2 is 2.27 bits per heavy atom. The van der Waals surface area contributed by atoms with Crippen molar-refractivity contribution in [3.8, 4) is 0 Å². The van der Waals surface area contributed by atoms with Crippen LogP contribution in [0, 0.1) is 0 Å². The molecule has 1 aliphatic carbocycles. The van der Waals surface area contributed by atoms with Gasteiger partial charge in [0.2, 0.25) is 5.91 Å². The number of hydrogen-bond donors (Lipinski definition) is 2. The highest BCUT2D eigenvalue weighted by atomic mass is 16.3. The summed E-state index contributed by atoms with van der Waals surface area (Å²) < 4.78 is 0. The molecule has 4 heteroatoms. The third-order valence-corrected chi connectivity index (χ3v) is 2.99. The lowest BCUT2D eigenvalue weighted by Gasteiger charge is -2.37. The van der Waals surface area contributed by atoms with Gasteiger partial charge in [-0.3, -0.25) is 4.79 Å². The Bertz CT molecular complexity index is 203. The second-order valence-corrected chi connectivity index (χ2v) is 4.41. The highest BCUT2D eigenvalue weighted by molar-refractivity contribution is 5.76. The van der Waals surface area contributed by atoms with Crippen LogP contribution in [0.25, 0.3) is 0 Å². The molecule has 3 N–H and O–H groups in total. The van der Waals surface area contributed by atoms with Gasteiger partial charge in [-0.05, 0) is 32.6 Å². The molecule has 0 radical (unpaired) electrons. The molecule has 1 aliphatic rings. The maximum atomic E-state index is 11.8. The summed E-state index contributed by atoms with van der Waals surface area (Å²) in [4.78, 5) is 13.7. The van der Waals surface area contributed by atoms with Crippen molar-refractivity contribution in [3.63, 3.8) is 0 Å². The van der Waals surface area contributed by atoms with Crippen molar-refractivity contribution < 1.29 is 9.90 Å². The molecule has 15 heavy (non-hydrogen) atoms. The lowest BCUT2D eigenvalue weighted by atomic mass is 9.91. The third kappa shape index (κ3) is 3.80. The molecule has 0 saturated heterocycles. The molecule has 0 aromatic rings. The molecule has 0 heterocycles. The van der Waals surface area contributed by atoms with E-state index in [1.54, 1.807) is 0 Å². The van der Waals surface area contributed by atoms with Crippen molar-refractivity contribution >= 4 is 5.91 Å². The molecule has 0 aromatic heterocycles. The summed E-state index contributed by atoms with van der Waals surface area (Å²) in [6.07, 6.45) is 4.61. The average Bonchev–Trinajstić information content (AvgIpc) is 2.10. The van der Waals surface area contributed by atoms with E-state index in [1.165, 1.54) is 6.42 Å². The van der Waals surface area contributed by atoms with Gasteiger partial charge in [-0.25, -0.2) is 0 Å². The van der Waals surface area contributed by atoms with Gasteiger partial charge in [-0.15, -0.1) is 0 Å². The van der Waals surface area contributed by atoms with E-state index in [-0.39, 0.29) is 18.6 Å². The first-order valence-electron chi connectivity index (χ1n) is 5.81. The fraction of sp³-hybridized carbons (Fsp3) is 0.909. The smallest absolute Gasteiger partial charge is 0.222 e. The van der Waals surface area contributed by atoms with Crippen molar-refractivity contribution in [3.05, 3.63) is 0 Å². The highest BCUT2D eigenvalue weighted by Gasteiger charge is 2.27. The molecular weight excluding hydrogens is 192 g/mol. The molecule has 0 bridgehead atoms. The number of nitrogens with zero attached hydrogens (tertiary/aromatic N) is 1. The summed E-state index contributed by atoms with van der Waals surface area (Å²) in [6, 6.07) is 0.448. The maximum Gasteiger partial charge on any atom is 0.222 e. The summed E-state index contributed by atoms with van der Waals surface area (Å²) in [5.74, 6) is 0.144. The summed E-state index contributed by atoms with van der Waals surface area (Å²) in [5, 5.41) is 8.91. The van der Waals surface area contributed by atoms with Gasteiger partial charge in [0.25, 0.3) is 0 Å². The van der Waals surface area contributed by atoms with Crippen LogP contribution in [0.1, 0.15) is 39.0 Å². The molecule has 1 saturated carbocycles. The number of aliphatic hydroxyl groups excluding tert-OH is 1. The predicted octanol–water partition coefficient (Wildman–Crippen LogP) is 0.487. The van der Waals surface area contributed by atoms with E-state index in [1.807, 2.05) is 11.8 Å². The molecule has 1 atom stereocenters. The van der Waals surface area contributed by atoms with Gasteiger partial charge in [0.1, 0.15) is 0 Å². The first-order valence-corrected chi connectivity index (χ1v) is 5.81. The van der Waals surface area contributed by atoms with Gasteiger partial charge >= 0.3 is 0 Å². The highest BCUT2D eigenvalue weighted by Crippen LogP contribution is 2.25. The van der Waals surface area contributed by atoms with Gasteiger partial charge in [-0.1, -0.05) is 0 Å². The van der Waals surface area contributed by atoms with Crippen LogP contribution in [-0.2, 0) is 4.79 Å². The van der Waals surface area contributed by atoms with Gasteiger partial charge in [0, 0.05) is 25.0 Å². The van der Waals surface area contributed by atoms with E-state index >= 15 is 0 Å². The first-order chi connectivity index (χ1) is 7.15.